The maximum absolute atomic E-state index is 14.1. The molecule has 1 heterocycles. The third kappa shape index (κ3) is 2.94. The number of rotatable bonds is 2. The highest BCUT2D eigenvalue weighted by Gasteiger charge is 2.29. The Morgan fingerprint density at radius 2 is 1.81 bits per heavy atom. The first-order valence-corrected chi connectivity index (χ1v) is 7.44. The Hall–Kier alpha value is -1.45. The number of benzene rings is 2. The van der Waals surface area contributed by atoms with E-state index in [9.17, 15) is 8.78 Å². The quantitative estimate of drug-likeness (QED) is 0.862. The van der Waals surface area contributed by atoms with Gasteiger partial charge in [-0.05, 0) is 48.2 Å². The second-order valence-electron chi connectivity index (χ2n) is 5.40. The van der Waals surface area contributed by atoms with E-state index in [-0.39, 0.29) is 22.7 Å². The number of halogens is 3. The number of nitrogens with one attached hydrogen (secondary N) is 1. The first kappa shape index (κ1) is 14.5. The Morgan fingerprint density at radius 1 is 1.00 bits per heavy atom. The van der Waals surface area contributed by atoms with E-state index in [0.717, 1.165) is 18.5 Å². The summed E-state index contributed by atoms with van der Waals surface area (Å²) in [5.74, 6) is -0.441. The van der Waals surface area contributed by atoms with Crippen molar-refractivity contribution in [2.24, 2.45) is 0 Å². The number of hydrogen-bond acceptors (Lipinski definition) is 1. The lowest BCUT2D eigenvalue weighted by atomic mass is 9.77. The normalized spacial score (nSPS) is 22.2. The molecular weight excluding hydrogens is 292 g/mol. The van der Waals surface area contributed by atoms with Crippen molar-refractivity contribution in [1.82, 2.24) is 5.32 Å². The molecule has 2 aromatic rings. The maximum atomic E-state index is 14.1. The summed E-state index contributed by atoms with van der Waals surface area (Å²) in [6.07, 6.45) is 0.876. The first-order chi connectivity index (χ1) is 10.2. The summed E-state index contributed by atoms with van der Waals surface area (Å²) in [5.41, 5.74) is 1.67. The number of hydrogen-bond donors (Lipinski definition) is 1. The van der Waals surface area contributed by atoms with Gasteiger partial charge in [0, 0.05) is 12.5 Å². The molecule has 0 aromatic heterocycles. The lowest BCUT2D eigenvalue weighted by Gasteiger charge is -2.33. The molecule has 1 fully saturated rings. The molecule has 0 aliphatic carbocycles. The van der Waals surface area contributed by atoms with Crippen LogP contribution in [0.1, 0.15) is 29.4 Å². The molecule has 21 heavy (non-hydrogen) atoms. The van der Waals surface area contributed by atoms with Crippen molar-refractivity contribution in [2.45, 2.75) is 18.3 Å². The molecule has 4 heteroatoms. The van der Waals surface area contributed by atoms with Crippen LogP contribution in [0.25, 0.3) is 0 Å². The molecule has 1 nitrogen and oxygen atoms in total. The van der Waals surface area contributed by atoms with Gasteiger partial charge in [-0.3, -0.25) is 0 Å². The number of piperidine rings is 1. The largest absolute Gasteiger partial charge is 0.316 e. The topological polar surface area (TPSA) is 12.0 Å². The van der Waals surface area contributed by atoms with Crippen molar-refractivity contribution < 1.29 is 8.78 Å². The maximum Gasteiger partial charge on any atom is 0.141 e. The fraction of sp³-hybridized carbons (Fsp3) is 0.294. The van der Waals surface area contributed by atoms with Crippen LogP contribution >= 0.6 is 11.6 Å². The molecule has 110 valence electrons. The third-order valence-corrected chi connectivity index (χ3v) is 4.45. The van der Waals surface area contributed by atoms with E-state index >= 15 is 0 Å². The van der Waals surface area contributed by atoms with Crippen LogP contribution in [0.2, 0.25) is 5.02 Å². The van der Waals surface area contributed by atoms with Gasteiger partial charge in [-0.15, -0.1) is 0 Å². The zero-order chi connectivity index (χ0) is 14.8. The average Bonchev–Trinajstić information content (AvgIpc) is 2.51. The van der Waals surface area contributed by atoms with Crippen LogP contribution in [0.15, 0.2) is 42.5 Å². The molecule has 0 spiro atoms. The van der Waals surface area contributed by atoms with E-state index in [2.05, 4.69) is 5.32 Å². The Kier molecular flexibility index (Phi) is 4.22. The van der Waals surface area contributed by atoms with E-state index < -0.39 is 5.82 Å². The van der Waals surface area contributed by atoms with Crippen molar-refractivity contribution in [3.05, 3.63) is 70.2 Å². The Bertz CT molecular complexity index is 644. The summed E-state index contributed by atoms with van der Waals surface area (Å²) in [4.78, 5) is 0. The van der Waals surface area contributed by atoms with Crippen LogP contribution in [0.3, 0.4) is 0 Å². The molecule has 0 bridgehead atoms. The van der Waals surface area contributed by atoms with E-state index in [1.807, 2.05) is 12.1 Å². The fourth-order valence-corrected chi connectivity index (χ4v) is 3.29. The highest BCUT2D eigenvalue weighted by atomic mass is 35.5. The molecule has 2 aromatic carbocycles. The predicted octanol–water partition coefficient (Wildman–Crippen LogP) is 4.48. The van der Waals surface area contributed by atoms with Gasteiger partial charge in [-0.25, -0.2) is 8.78 Å². The highest BCUT2D eigenvalue weighted by Crippen LogP contribution is 2.39. The molecule has 1 saturated heterocycles. The zero-order valence-electron chi connectivity index (χ0n) is 11.5. The fourth-order valence-electron chi connectivity index (χ4n) is 3.10. The van der Waals surface area contributed by atoms with Gasteiger partial charge in [0.25, 0.3) is 0 Å². The van der Waals surface area contributed by atoms with Gasteiger partial charge in [0.15, 0.2) is 0 Å². The average molecular weight is 308 g/mol. The summed E-state index contributed by atoms with van der Waals surface area (Å²) in [7, 11) is 0. The molecule has 0 saturated carbocycles. The molecular formula is C17H16ClF2N. The van der Waals surface area contributed by atoms with Crippen molar-refractivity contribution in [3.63, 3.8) is 0 Å². The summed E-state index contributed by atoms with van der Waals surface area (Å²) < 4.78 is 27.4. The summed E-state index contributed by atoms with van der Waals surface area (Å²) in [6.45, 7) is 1.57. The SMILES string of the molecule is Fc1ccc(C2CCNCC2c2ccccc2F)cc1Cl. The predicted molar refractivity (Wildman–Crippen MR) is 80.8 cm³/mol. The second kappa shape index (κ2) is 6.12. The lowest BCUT2D eigenvalue weighted by molar-refractivity contribution is 0.393. The van der Waals surface area contributed by atoms with Crippen LogP contribution < -0.4 is 5.32 Å². The van der Waals surface area contributed by atoms with Gasteiger partial charge in [0.2, 0.25) is 0 Å². The van der Waals surface area contributed by atoms with Crippen molar-refractivity contribution in [1.29, 1.82) is 0 Å². The van der Waals surface area contributed by atoms with Gasteiger partial charge in [-0.1, -0.05) is 35.9 Å². The van der Waals surface area contributed by atoms with Gasteiger partial charge < -0.3 is 5.32 Å². The van der Waals surface area contributed by atoms with Crippen molar-refractivity contribution in [3.8, 4) is 0 Å². The Balaban J connectivity index is 1.98. The van der Waals surface area contributed by atoms with Crippen LogP contribution in [-0.4, -0.2) is 13.1 Å². The van der Waals surface area contributed by atoms with Gasteiger partial charge in [-0.2, -0.15) is 0 Å². The zero-order valence-corrected chi connectivity index (χ0v) is 12.2. The minimum absolute atomic E-state index is 0.0291. The molecule has 1 aliphatic rings. The van der Waals surface area contributed by atoms with E-state index in [4.69, 9.17) is 11.6 Å². The molecule has 1 N–H and O–H groups in total. The van der Waals surface area contributed by atoms with Crippen LogP contribution in [0.4, 0.5) is 8.78 Å². The van der Waals surface area contributed by atoms with Gasteiger partial charge in [0.1, 0.15) is 11.6 Å². The Labute approximate surface area is 127 Å². The molecule has 1 aliphatic heterocycles. The molecule has 0 amide bonds. The molecule has 2 atom stereocenters. The summed E-state index contributed by atoms with van der Waals surface area (Å²) in [5, 5.41) is 3.44. The molecule has 2 unspecified atom stereocenters. The van der Waals surface area contributed by atoms with E-state index in [0.29, 0.717) is 12.1 Å². The molecule has 3 rings (SSSR count). The smallest absolute Gasteiger partial charge is 0.141 e. The van der Waals surface area contributed by atoms with Gasteiger partial charge in [0.05, 0.1) is 5.02 Å². The van der Waals surface area contributed by atoms with Gasteiger partial charge >= 0.3 is 0 Å². The van der Waals surface area contributed by atoms with Crippen LogP contribution in [-0.2, 0) is 0 Å². The third-order valence-electron chi connectivity index (χ3n) is 4.16. The standard InChI is InChI=1S/C17H16ClF2N/c18-15-9-11(5-6-17(15)20)12-7-8-21-10-14(12)13-3-1-2-4-16(13)19/h1-6,9,12,14,21H,7-8,10H2. The summed E-state index contributed by atoms with van der Waals surface area (Å²) in [6, 6.07) is 11.7. The Morgan fingerprint density at radius 3 is 2.57 bits per heavy atom. The van der Waals surface area contributed by atoms with Crippen LogP contribution in [0, 0.1) is 11.6 Å². The minimum Gasteiger partial charge on any atom is -0.316 e. The monoisotopic (exact) mass is 307 g/mol. The van der Waals surface area contributed by atoms with Crippen molar-refractivity contribution in [2.75, 3.05) is 13.1 Å². The minimum atomic E-state index is -0.420. The lowest BCUT2D eigenvalue weighted by Crippen LogP contribution is -2.34. The first-order valence-electron chi connectivity index (χ1n) is 7.07. The second-order valence-corrected chi connectivity index (χ2v) is 5.81. The van der Waals surface area contributed by atoms with E-state index in [1.165, 1.54) is 12.1 Å². The van der Waals surface area contributed by atoms with Crippen LogP contribution in [0.5, 0.6) is 0 Å². The molecule has 0 radical (unpaired) electrons. The summed E-state index contributed by atoms with van der Waals surface area (Å²) >= 11 is 5.89. The highest BCUT2D eigenvalue weighted by molar-refractivity contribution is 6.30. The van der Waals surface area contributed by atoms with E-state index in [1.54, 1.807) is 18.2 Å². The van der Waals surface area contributed by atoms with Crippen molar-refractivity contribution >= 4 is 11.6 Å².